The summed E-state index contributed by atoms with van der Waals surface area (Å²) in [5, 5.41) is 15.7. The molecule has 1 aromatic carbocycles. The van der Waals surface area contributed by atoms with E-state index in [9.17, 15) is 14.9 Å². The van der Waals surface area contributed by atoms with Crippen molar-refractivity contribution < 1.29 is 19.2 Å². The molecule has 8 heteroatoms. The van der Waals surface area contributed by atoms with Gasteiger partial charge in [0.1, 0.15) is 0 Å². The lowest BCUT2D eigenvalue weighted by Gasteiger charge is -2.26. The average Bonchev–Trinajstić information content (AvgIpc) is 2.45. The highest BCUT2D eigenvalue weighted by Gasteiger charge is 2.23. The zero-order chi connectivity index (χ0) is 15.2. The fraction of sp³-hybridized carbons (Fsp3) is 0.417. The molecule has 1 rings (SSSR count). The molecule has 0 radical (unpaired) electrons. The summed E-state index contributed by atoms with van der Waals surface area (Å²) in [6.45, 7) is 1.79. The van der Waals surface area contributed by atoms with Gasteiger partial charge in [0.15, 0.2) is 5.79 Å². The lowest BCUT2D eigenvalue weighted by Crippen LogP contribution is -2.44. The molecule has 1 aromatic rings. The van der Waals surface area contributed by atoms with Crippen molar-refractivity contribution in [3.63, 3.8) is 0 Å². The van der Waals surface area contributed by atoms with Gasteiger partial charge < -0.3 is 20.1 Å². The van der Waals surface area contributed by atoms with Crippen LogP contribution in [0.15, 0.2) is 24.3 Å². The van der Waals surface area contributed by atoms with Crippen LogP contribution in [0.5, 0.6) is 0 Å². The summed E-state index contributed by atoms with van der Waals surface area (Å²) >= 11 is 0. The molecule has 0 aliphatic carbocycles. The molecular weight excluding hydrogens is 266 g/mol. The van der Waals surface area contributed by atoms with Crippen LogP contribution in [-0.4, -0.2) is 37.5 Å². The highest BCUT2D eigenvalue weighted by Crippen LogP contribution is 2.16. The maximum Gasteiger partial charge on any atom is 0.319 e. The van der Waals surface area contributed by atoms with Gasteiger partial charge in [0.25, 0.3) is 5.69 Å². The first-order chi connectivity index (χ1) is 9.40. The molecule has 0 fully saturated rings. The Morgan fingerprint density at radius 3 is 2.60 bits per heavy atom. The van der Waals surface area contributed by atoms with E-state index in [1.54, 1.807) is 13.0 Å². The Labute approximate surface area is 116 Å². The van der Waals surface area contributed by atoms with Crippen molar-refractivity contribution >= 4 is 17.4 Å². The molecule has 0 saturated carbocycles. The number of ether oxygens (including phenoxy) is 2. The first-order valence-electron chi connectivity index (χ1n) is 5.80. The maximum absolute atomic E-state index is 11.7. The minimum absolute atomic E-state index is 0.0959. The quantitative estimate of drug-likeness (QED) is 0.470. The van der Waals surface area contributed by atoms with Gasteiger partial charge >= 0.3 is 6.03 Å². The van der Waals surface area contributed by atoms with E-state index in [4.69, 9.17) is 9.47 Å². The van der Waals surface area contributed by atoms with Crippen molar-refractivity contribution in [3.05, 3.63) is 34.4 Å². The number of carbonyl (C=O) groups is 1. The van der Waals surface area contributed by atoms with Crippen molar-refractivity contribution in [1.82, 2.24) is 5.32 Å². The molecule has 0 aliphatic heterocycles. The second kappa shape index (κ2) is 6.83. The lowest BCUT2D eigenvalue weighted by atomic mass is 10.3. The average molecular weight is 283 g/mol. The van der Waals surface area contributed by atoms with Gasteiger partial charge in [0.2, 0.25) is 0 Å². The van der Waals surface area contributed by atoms with Crippen LogP contribution < -0.4 is 10.6 Å². The number of rotatable bonds is 6. The normalized spacial score (nSPS) is 10.9. The van der Waals surface area contributed by atoms with E-state index >= 15 is 0 Å². The van der Waals surface area contributed by atoms with Crippen molar-refractivity contribution in [2.24, 2.45) is 0 Å². The molecule has 0 heterocycles. The number of carbonyl (C=O) groups excluding carboxylic acids is 1. The van der Waals surface area contributed by atoms with E-state index < -0.39 is 16.7 Å². The minimum atomic E-state index is -0.931. The van der Waals surface area contributed by atoms with Gasteiger partial charge in [-0.25, -0.2) is 4.79 Å². The SMILES string of the molecule is COC(C)(CNC(=O)Nc1cccc([N+](=O)[O-])c1)OC. The summed E-state index contributed by atoms with van der Waals surface area (Å²) in [7, 11) is 2.92. The number of nitrogens with zero attached hydrogens (tertiary/aromatic N) is 1. The van der Waals surface area contributed by atoms with Gasteiger partial charge in [0.05, 0.1) is 11.5 Å². The predicted octanol–water partition coefficient (Wildman–Crippen LogP) is 1.73. The van der Waals surface area contributed by atoms with Crippen LogP contribution in [0.25, 0.3) is 0 Å². The summed E-state index contributed by atoms with van der Waals surface area (Å²) < 4.78 is 10.2. The van der Waals surface area contributed by atoms with E-state index in [0.717, 1.165) is 0 Å². The van der Waals surface area contributed by atoms with E-state index in [0.29, 0.717) is 5.69 Å². The highest BCUT2D eigenvalue weighted by molar-refractivity contribution is 5.89. The smallest absolute Gasteiger partial charge is 0.319 e. The molecule has 8 nitrogen and oxygen atoms in total. The predicted molar refractivity (Wildman–Crippen MR) is 72.5 cm³/mol. The number of nitrogens with one attached hydrogen (secondary N) is 2. The third-order valence-electron chi connectivity index (χ3n) is 2.75. The molecule has 20 heavy (non-hydrogen) atoms. The van der Waals surface area contributed by atoms with Crippen molar-refractivity contribution in [3.8, 4) is 0 Å². The largest absolute Gasteiger partial charge is 0.352 e. The van der Waals surface area contributed by atoms with Crippen LogP contribution in [0.2, 0.25) is 0 Å². The van der Waals surface area contributed by atoms with E-state index in [2.05, 4.69) is 10.6 Å². The summed E-state index contributed by atoms with van der Waals surface area (Å²) in [6.07, 6.45) is 0. The van der Waals surface area contributed by atoms with Gasteiger partial charge in [-0.15, -0.1) is 0 Å². The standard InChI is InChI=1S/C12H17N3O5/c1-12(19-2,20-3)8-13-11(16)14-9-5-4-6-10(7-9)15(17)18/h4-7H,8H2,1-3H3,(H2,13,14,16). The minimum Gasteiger partial charge on any atom is -0.352 e. The van der Waals surface area contributed by atoms with E-state index in [1.165, 1.54) is 32.4 Å². The molecule has 0 aromatic heterocycles. The summed E-state index contributed by atoms with van der Waals surface area (Å²) in [4.78, 5) is 21.8. The second-order valence-electron chi connectivity index (χ2n) is 4.16. The summed E-state index contributed by atoms with van der Waals surface area (Å²) in [6, 6.07) is 5.15. The number of anilines is 1. The van der Waals surface area contributed by atoms with Crippen LogP contribution >= 0.6 is 0 Å². The summed E-state index contributed by atoms with van der Waals surface area (Å²) in [5.74, 6) is -0.931. The van der Waals surface area contributed by atoms with Gasteiger partial charge in [-0.1, -0.05) is 6.07 Å². The molecule has 2 amide bonds. The monoisotopic (exact) mass is 283 g/mol. The lowest BCUT2D eigenvalue weighted by molar-refractivity contribution is -0.384. The van der Waals surface area contributed by atoms with E-state index in [1.807, 2.05) is 0 Å². The Morgan fingerprint density at radius 2 is 2.05 bits per heavy atom. The Hall–Kier alpha value is -2.19. The van der Waals surface area contributed by atoms with Crippen LogP contribution in [0.1, 0.15) is 6.92 Å². The first-order valence-corrected chi connectivity index (χ1v) is 5.80. The number of hydrogen-bond donors (Lipinski definition) is 2. The number of non-ortho nitro benzene ring substituents is 1. The Morgan fingerprint density at radius 1 is 1.40 bits per heavy atom. The Bertz CT molecular complexity index is 488. The van der Waals surface area contributed by atoms with Gasteiger partial charge in [-0.05, 0) is 13.0 Å². The van der Waals surface area contributed by atoms with Crippen molar-refractivity contribution in [2.75, 3.05) is 26.1 Å². The zero-order valence-electron chi connectivity index (χ0n) is 11.5. The molecule has 0 aliphatic rings. The number of nitro benzene ring substituents is 1. The molecule has 110 valence electrons. The van der Waals surface area contributed by atoms with E-state index in [-0.39, 0.29) is 12.2 Å². The topological polar surface area (TPSA) is 103 Å². The first kappa shape index (κ1) is 15.9. The third-order valence-corrected chi connectivity index (χ3v) is 2.75. The molecule has 0 atom stereocenters. The third kappa shape index (κ3) is 4.48. The van der Waals surface area contributed by atoms with Crippen LogP contribution in [0.4, 0.5) is 16.2 Å². The van der Waals surface area contributed by atoms with Crippen LogP contribution in [0, 0.1) is 10.1 Å². The van der Waals surface area contributed by atoms with Gasteiger partial charge in [-0.2, -0.15) is 0 Å². The number of hydrogen-bond acceptors (Lipinski definition) is 5. The number of benzene rings is 1. The number of nitro groups is 1. The fourth-order valence-electron chi connectivity index (χ4n) is 1.34. The number of amides is 2. The molecule has 0 saturated heterocycles. The zero-order valence-corrected chi connectivity index (χ0v) is 11.5. The molecule has 0 bridgehead atoms. The maximum atomic E-state index is 11.7. The van der Waals surface area contributed by atoms with Crippen LogP contribution in [-0.2, 0) is 9.47 Å². The van der Waals surface area contributed by atoms with Crippen molar-refractivity contribution in [2.45, 2.75) is 12.7 Å². The van der Waals surface area contributed by atoms with Crippen LogP contribution in [0.3, 0.4) is 0 Å². The molecule has 0 unspecified atom stereocenters. The highest BCUT2D eigenvalue weighted by atomic mass is 16.7. The second-order valence-corrected chi connectivity index (χ2v) is 4.16. The number of urea groups is 1. The van der Waals surface area contributed by atoms with Gasteiger partial charge in [-0.3, -0.25) is 10.1 Å². The molecule has 0 spiro atoms. The fourth-order valence-corrected chi connectivity index (χ4v) is 1.34. The Balaban J connectivity index is 2.59. The molecule has 2 N–H and O–H groups in total. The Kier molecular flexibility index (Phi) is 5.42. The summed E-state index contributed by atoms with van der Waals surface area (Å²) in [5.41, 5.74) is 0.231. The molecular formula is C12H17N3O5. The van der Waals surface area contributed by atoms with Gasteiger partial charge in [0, 0.05) is 32.0 Å². The van der Waals surface area contributed by atoms with Crippen molar-refractivity contribution in [1.29, 1.82) is 0 Å². The number of methoxy groups -OCH3 is 2.